The highest BCUT2D eigenvalue weighted by atomic mass is 32.1. The Labute approximate surface area is 428 Å². The fourth-order valence-corrected chi connectivity index (χ4v) is 9.15. The quantitative estimate of drug-likeness (QED) is 0.0342. The number of β-amino-alcohol motifs (C(OH)–C–C–N with tert-alkyl or cyclic N) is 1. The number of aliphatic hydroxyl groups is 1. The zero-order valence-electron chi connectivity index (χ0n) is 41.9. The number of hydrogen-bond acceptors (Lipinski definition) is 10. The predicted molar refractivity (Wildman–Crippen MR) is 273 cm³/mol. The molecular weight excluding hydrogens is 967 g/mol. The highest BCUT2D eigenvalue weighted by Gasteiger charge is 2.45. The van der Waals surface area contributed by atoms with Crippen LogP contribution in [0.15, 0.2) is 90.6 Å². The van der Waals surface area contributed by atoms with Crippen molar-refractivity contribution in [2.24, 2.45) is 17.1 Å². The summed E-state index contributed by atoms with van der Waals surface area (Å²) in [5, 5.41) is 28.6. The van der Waals surface area contributed by atoms with E-state index in [-0.39, 0.29) is 48.5 Å². The average molecular weight is 1030 g/mol. The van der Waals surface area contributed by atoms with Crippen molar-refractivity contribution in [2.45, 2.75) is 104 Å². The fraction of sp³-hybridized carbons (Fsp3) is 0.426. The van der Waals surface area contributed by atoms with E-state index < -0.39 is 76.5 Å². The summed E-state index contributed by atoms with van der Waals surface area (Å²) in [5.41, 5.74) is 7.66. The highest BCUT2D eigenvalue weighted by Crippen LogP contribution is 2.40. The number of nitriles is 1. The number of aliphatic hydroxyl groups excluding tert-OH is 1. The second-order valence-corrected chi connectivity index (χ2v) is 20.1. The van der Waals surface area contributed by atoms with Gasteiger partial charge in [-0.1, -0.05) is 83.1 Å². The summed E-state index contributed by atoms with van der Waals surface area (Å²) in [5.74, 6) is -1.04. The number of rotatable bonds is 19. The molecule has 1 saturated heterocycles. The minimum atomic E-state index is -4.82. The molecule has 0 saturated carbocycles. The molecule has 0 aliphatic carbocycles. The Kier molecular flexibility index (Phi) is 18.2. The molecule has 4 aromatic rings. The van der Waals surface area contributed by atoms with E-state index in [1.165, 1.54) is 21.9 Å². The van der Waals surface area contributed by atoms with Gasteiger partial charge in [0.15, 0.2) is 11.8 Å². The summed E-state index contributed by atoms with van der Waals surface area (Å²) in [6, 6.07) is 20.7. The molecule has 14 nitrogen and oxygen atoms in total. The van der Waals surface area contributed by atoms with Crippen LogP contribution in [-0.4, -0.2) is 84.1 Å². The molecule has 3 amide bonds. The zero-order chi connectivity index (χ0) is 53.4. The van der Waals surface area contributed by atoms with Crippen LogP contribution in [0.25, 0.3) is 16.9 Å². The van der Waals surface area contributed by atoms with E-state index in [9.17, 15) is 37.9 Å². The number of ether oxygens (including phenoxy) is 3. The van der Waals surface area contributed by atoms with Gasteiger partial charge in [-0.15, -0.1) is 0 Å². The fourth-order valence-electron chi connectivity index (χ4n) is 8.93. The number of nitrogens with one attached hydrogen (secondary N) is 3. The number of anilines is 1. The van der Waals surface area contributed by atoms with Crippen LogP contribution in [0.3, 0.4) is 0 Å². The number of carbonyl (C=O) groups excluding carboxylic acids is 3. The molecule has 2 heterocycles. The lowest BCUT2D eigenvalue weighted by atomic mass is 9.85. The standard InChI is InChI=1S/C54H63F4N7O7S/c1-31(2)47(65(52(60)73)39-18-14-38(27-59)43(25-39)54(56,57)58)42-21-17-37(24-44(42)55)35-15-19-41(20-16-35)71-23-9-8-22-70-29-46(67)63-49(53(5,6)7)51(69)64-28-40(66)26-45(64)50(68)62-32(3)34-10-12-36(13-11-34)48-33(4)61-30-72-48/h10-21,24-25,31-32,40,45,47,49,61,66H,8-9,22-23,26,28-30H2,1-7H3,(H2,60,73)(H,62,68)(H,63,67)/t32-,40+,45-,47?,49+/m0/s1. The molecule has 19 heteroatoms. The van der Waals surface area contributed by atoms with Crippen molar-refractivity contribution in [2.75, 3.05) is 38.0 Å². The smallest absolute Gasteiger partial charge is 0.417 e. The first-order valence-electron chi connectivity index (χ1n) is 24.0. The van der Waals surface area contributed by atoms with E-state index in [4.69, 9.17) is 32.2 Å². The molecule has 1 fully saturated rings. The largest absolute Gasteiger partial charge is 0.494 e. The first kappa shape index (κ1) is 55.6. The third kappa shape index (κ3) is 13.9. The Morgan fingerprint density at radius 3 is 2.21 bits per heavy atom. The Bertz CT molecular complexity index is 2710. The first-order valence-corrected chi connectivity index (χ1v) is 24.5. The number of alkyl halides is 3. The van der Waals surface area contributed by atoms with Gasteiger partial charge in [0.05, 0.1) is 47.7 Å². The van der Waals surface area contributed by atoms with Gasteiger partial charge in [-0.25, -0.2) is 4.39 Å². The van der Waals surface area contributed by atoms with Crippen molar-refractivity contribution in [3.63, 3.8) is 0 Å². The molecule has 6 rings (SSSR count). The second-order valence-electron chi connectivity index (χ2n) is 19.6. The van der Waals surface area contributed by atoms with E-state index in [0.29, 0.717) is 43.1 Å². The van der Waals surface area contributed by atoms with Gasteiger partial charge < -0.3 is 50.8 Å². The third-order valence-electron chi connectivity index (χ3n) is 12.8. The Balaban J connectivity index is 0.961. The third-order valence-corrected chi connectivity index (χ3v) is 13.0. The van der Waals surface area contributed by atoms with Gasteiger partial charge in [0.1, 0.15) is 36.0 Å². The van der Waals surface area contributed by atoms with E-state index in [2.05, 4.69) is 16.0 Å². The molecule has 0 spiro atoms. The first-order chi connectivity index (χ1) is 34.5. The van der Waals surface area contributed by atoms with Crippen molar-refractivity contribution in [3.8, 4) is 22.9 Å². The minimum Gasteiger partial charge on any atom is -0.494 e. The number of hydrogen-bond donors (Lipinski definition) is 5. The minimum absolute atomic E-state index is 0.0300. The number of carbonyl (C=O) groups is 3. The lowest BCUT2D eigenvalue weighted by Gasteiger charge is -2.36. The molecule has 0 bridgehead atoms. The lowest BCUT2D eigenvalue weighted by molar-refractivity contribution is -0.144. The van der Waals surface area contributed by atoms with E-state index in [1.807, 2.05) is 38.1 Å². The molecule has 6 N–H and O–H groups in total. The molecule has 5 atom stereocenters. The molecule has 73 heavy (non-hydrogen) atoms. The number of thiocarbonyl (C=S) groups is 1. The van der Waals surface area contributed by atoms with Crippen LogP contribution in [0.5, 0.6) is 5.75 Å². The second kappa shape index (κ2) is 23.9. The summed E-state index contributed by atoms with van der Waals surface area (Å²) in [4.78, 5) is 43.5. The van der Waals surface area contributed by atoms with Crippen LogP contribution in [0.2, 0.25) is 0 Å². The van der Waals surface area contributed by atoms with Gasteiger partial charge >= 0.3 is 6.18 Å². The maximum Gasteiger partial charge on any atom is 0.417 e. The van der Waals surface area contributed by atoms with Crippen LogP contribution >= 0.6 is 12.2 Å². The maximum absolute atomic E-state index is 16.0. The Morgan fingerprint density at radius 2 is 1.62 bits per heavy atom. The van der Waals surface area contributed by atoms with Crippen LogP contribution in [0.1, 0.15) is 108 Å². The van der Waals surface area contributed by atoms with Crippen LogP contribution < -0.4 is 31.3 Å². The van der Waals surface area contributed by atoms with Crippen molar-refractivity contribution in [1.82, 2.24) is 20.9 Å². The average Bonchev–Trinajstić information content (AvgIpc) is 3.96. The van der Waals surface area contributed by atoms with Gasteiger partial charge in [-0.05, 0) is 103 Å². The van der Waals surface area contributed by atoms with Crippen molar-refractivity contribution in [3.05, 3.63) is 124 Å². The number of allylic oxidation sites excluding steroid dienone is 1. The number of nitrogens with zero attached hydrogens (tertiary/aromatic N) is 3. The monoisotopic (exact) mass is 1030 g/mol. The van der Waals surface area contributed by atoms with Gasteiger partial charge in [0.25, 0.3) is 0 Å². The number of unbranched alkanes of at least 4 members (excludes halogenated alkanes) is 1. The summed E-state index contributed by atoms with van der Waals surface area (Å²) in [6.07, 6.45) is -4.53. The van der Waals surface area contributed by atoms with Gasteiger partial charge in [0.2, 0.25) is 17.7 Å². The van der Waals surface area contributed by atoms with Crippen molar-refractivity contribution < 1.29 is 51.3 Å². The molecular formula is C54H63F4N7O7S. The Morgan fingerprint density at radius 1 is 0.959 bits per heavy atom. The van der Waals surface area contributed by atoms with Gasteiger partial charge in [-0.3, -0.25) is 14.4 Å². The van der Waals surface area contributed by atoms with Crippen molar-refractivity contribution in [1.29, 1.82) is 5.26 Å². The maximum atomic E-state index is 16.0. The molecule has 4 aromatic carbocycles. The number of amides is 3. The Hall–Kier alpha value is -6.75. The van der Waals surface area contributed by atoms with Crippen LogP contribution in [-0.2, 0) is 30.0 Å². The molecule has 0 aromatic heterocycles. The number of benzene rings is 4. The SMILES string of the molecule is CC1=C(c2ccc([C@H](C)NC(=O)[C@@H]3C[C@@H](O)CN3C(=O)[C@@H](NC(=O)COCCCCOc3ccc(-c4ccc(C(C(C)C)N(C(N)=S)c5ccc(C#N)c(C(F)(F)F)c5)c(F)c4)cc3)C(C)(C)C)cc2)OCN1. The summed E-state index contributed by atoms with van der Waals surface area (Å²) in [7, 11) is 0. The summed E-state index contributed by atoms with van der Waals surface area (Å²) < 4.78 is 74.8. The van der Waals surface area contributed by atoms with E-state index in [0.717, 1.165) is 34.7 Å². The van der Waals surface area contributed by atoms with Crippen molar-refractivity contribution >= 4 is 46.5 Å². The summed E-state index contributed by atoms with van der Waals surface area (Å²) >= 11 is 5.27. The zero-order valence-corrected chi connectivity index (χ0v) is 42.8. The number of halogens is 4. The predicted octanol–water partition coefficient (Wildman–Crippen LogP) is 8.64. The molecule has 2 aliphatic heterocycles. The van der Waals surface area contributed by atoms with Crippen LogP contribution in [0, 0.1) is 28.5 Å². The van der Waals surface area contributed by atoms with Crippen LogP contribution in [0.4, 0.5) is 23.2 Å². The lowest BCUT2D eigenvalue weighted by Crippen LogP contribution is -2.58. The highest BCUT2D eigenvalue weighted by molar-refractivity contribution is 7.80. The molecule has 390 valence electrons. The topological polar surface area (TPSA) is 192 Å². The van der Waals surface area contributed by atoms with E-state index in [1.54, 1.807) is 77.1 Å². The molecule has 2 aliphatic rings. The molecule has 0 radical (unpaired) electrons. The normalized spacial score (nSPS) is 17.0. The number of nitrogens with two attached hydrogens (primary N) is 1. The van der Waals surface area contributed by atoms with Gasteiger partial charge in [-0.2, -0.15) is 18.4 Å². The van der Waals surface area contributed by atoms with Gasteiger partial charge in [0, 0.05) is 36.4 Å². The molecule has 1 unspecified atom stereocenters. The summed E-state index contributed by atoms with van der Waals surface area (Å²) in [6.45, 7) is 13.4. The number of likely N-dealkylation sites (tertiary alicyclic amines) is 1. The van der Waals surface area contributed by atoms with E-state index >= 15 is 4.39 Å².